The summed E-state index contributed by atoms with van der Waals surface area (Å²) in [5.74, 6) is -1.59. The normalized spacial score (nSPS) is 21.4. The highest BCUT2D eigenvalue weighted by molar-refractivity contribution is 6.03. The zero-order valence-electron chi connectivity index (χ0n) is 39.7. The first kappa shape index (κ1) is 51.9. The van der Waals surface area contributed by atoms with Gasteiger partial charge in [-0.3, -0.25) is 19.7 Å². The minimum Gasteiger partial charge on any atom is -0.496 e. The van der Waals surface area contributed by atoms with Crippen LogP contribution in [0.2, 0.25) is 0 Å². The van der Waals surface area contributed by atoms with Gasteiger partial charge in [0.1, 0.15) is 35.6 Å². The summed E-state index contributed by atoms with van der Waals surface area (Å²) in [6, 6.07) is 24.0. The van der Waals surface area contributed by atoms with Gasteiger partial charge in [0.25, 0.3) is 11.6 Å². The van der Waals surface area contributed by atoms with Crippen LogP contribution in [0.1, 0.15) is 88.3 Å². The molecule has 4 aromatic rings. The highest BCUT2D eigenvalue weighted by atomic mass is 16.7. The van der Waals surface area contributed by atoms with Gasteiger partial charge < -0.3 is 48.7 Å². The van der Waals surface area contributed by atoms with Gasteiger partial charge >= 0.3 is 0 Å². The molecule has 1 heterocycles. The predicted molar refractivity (Wildman–Crippen MR) is 261 cm³/mol. The lowest BCUT2D eigenvalue weighted by Gasteiger charge is -2.60. The molecule has 0 bridgehead atoms. The van der Waals surface area contributed by atoms with Crippen molar-refractivity contribution in [1.29, 1.82) is 5.26 Å². The van der Waals surface area contributed by atoms with Gasteiger partial charge in [-0.2, -0.15) is 5.26 Å². The van der Waals surface area contributed by atoms with Crippen LogP contribution in [0.4, 0.5) is 5.69 Å². The number of aliphatic hydroxyl groups excluding tert-OH is 3. The Morgan fingerprint density at radius 2 is 1.70 bits per heavy atom. The molecule has 2 aliphatic carbocycles. The fourth-order valence-electron chi connectivity index (χ4n) is 10.2. The molecule has 71 heavy (non-hydrogen) atoms. The van der Waals surface area contributed by atoms with E-state index in [9.17, 15) is 35.5 Å². The second-order valence-corrected chi connectivity index (χ2v) is 17.6. The number of hydrogen-bond acceptors (Lipinski definition) is 15. The second kappa shape index (κ2) is 24.8. The van der Waals surface area contributed by atoms with Crippen LogP contribution in [0.15, 0.2) is 114 Å². The number of aliphatic hydroxyl groups is 3. The van der Waals surface area contributed by atoms with Crippen molar-refractivity contribution in [3.63, 3.8) is 0 Å². The fraction of sp³-hybridized carbons (Fsp3) is 0.407. The van der Waals surface area contributed by atoms with Crippen molar-refractivity contribution in [3.05, 3.63) is 147 Å². The molecule has 3 aliphatic rings. The molecular weight excluding hydrogens is 913 g/mol. The quantitative estimate of drug-likeness (QED) is 0.0178. The highest BCUT2D eigenvalue weighted by Crippen LogP contribution is 2.62. The summed E-state index contributed by atoms with van der Waals surface area (Å²) in [6.45, 7) is 3.85. The number of allylic oxidation sites excluding steroid dienone is 1. The molecule has 7 rings (SSSR count). The topological polar surface area (TPSA) is 233 Å². The Balaban J connectivity index is 1.45. The van der Waals surface area contributed by atoms with Crippen LogP contribution >= 0.6 is 0 Å². The molecule has 0 saturated heterocycles. The first-order chi connectivity index (χ1) is 34.6. The number of fused-ring (bicyclic) bond motifs is 2. The number of nitro benzene ring substituents is 1. The number of nitriles is 1. The van der Waals surface area contributed by atoms with Crippen LogP contribution < -0.4 is 14.2 Å². The van der Waals surface area contributed by atoms with Gasteiger partial charge in [-0.15, -0.1) is 6.58 Å². The van der Waals surface area contributed by atoms with E-state index in [4.69, 9.17) is 33.7 Å². The van der Waals surface area contributed by atoms with Crippen LogP contribution in [0.25, 0.3) is 0 Å². The lowest BCUT2D eigenvalue weighted by Crippen LogP contribution is -2.70. The largest absolute Gasteiger partial charge is 0.496 e. The van der Waals surface area contributed by atoms with Crippen molar-refractivity contribution in [2.75, 3.05) is 53.3 Å². The molecule has 374 valence electrons. The molecule has 0 spiro atoms. The van der Waals surface area contributed by atoms with E-state index in [-0.39, 0.29) is 76.7 Å². The molecule has 0 unspecified atom stereocenters. The number of nitrogens with zero attached hydrogens (tertiary/aromatic N) is 4. The minimum atomic E-state index is -1.63. The van der Waals surface area contributed by atoms with Crippen LogP contribution in [-0.2, 0) is 20.9 Å². The van der Waals surface area contributed by atoms with E-state index in [1.165, 1.54) is 19.2 Å². The molecule has 4 aromatic carbocycles. The Morgan fingerprint density at radius 1 is 0.972 bits per heavy atom. The first-order valence-electron chi connectivity index (χ1n) is 23.9. The lowest BCUT2D eigenvalue weighted by molar-refractivity contribution is -0.384. The highest BCUT2D eigenvalue weighted by Gasteiger charge is 2.65. The predicted octanol–water partition coefficient (Wildman–Crippen LogP) is 8.06. The van der Waals surface area contributed by atoms with E-state index in [0.29, 0.717) is 95.8 Å². The maximum Gasteiger partial charge on any atom is 0.269 e. The van der Waals surface area contributed by atoms with Crippen molar-refractivity contribution in [3.8, 4) is 29.1 Å². The summed E-state index contributed by atoms with van der Waals surface area (Å²) in [7, 11) is 1.48. The smallest absolute Gasteiger partial charge is 0.269 e. The average molecular weight is 973 g/mol. The Kier molecular flexibility index (Phi) is 18.1. The number of ether oxygens (including phenoxy) is 5. The van der Waals surface area contributed by atoms with E-state index < -0.39 is 34.5 Å². The third-order valence-corrected chi connectivity index (χ3v) is 13.4. The molecule has 17 heteroatoms. The number of hydrogen-bond donors (Lipinski definition) is 3. The van der Waals surface area contributed by atoms with E-state index in [1.54, 1.807) is 71.6 Å². The number of amides is 1. The summed E-state index contributed by atoms with van der Waals surface area (Å²) < 4.78 is 32.1. The standard InChI is InChI=1S/C54H60N4O13/c1-3-26-68-54-50(57(22-27-67-28-25-61)53(63)38-14-10-36(33-55)11-15-38)32-47(56-69-35-37-12-16-41(17-13-37)58(64)65)45-30-39(8-4-6-23-59)44(9-5-7-24-60)51(52(45)54)46-31-43(19-21-49(46)71-54)70-42-18-20-48(66-2)40(29-42)34-62/h3,10-21,29-31,34,39,44,50-52,59-61H,1,4-9,22-28,32,35H2,2H3/t39-,44+,50-,51+,52+,54+/m0/s1. The van der Waals surface area contributed by atoms with Crippen LogP contribution in [0.5, 0.6) is 23.0 Å². The molecule has 0 radical (unpaired) electrons. The molecule has 0 aromatic heterocycles. The number of unbranched alkanes of at least 4 members (excludes halogenated alkanes) is 2. The maximum atomic E-state index is 15.2. The molecule has 1 saturated carbocycles. The van der Waals surface area contributed by atoms with Gasteiger partial charge in [0.15, 0.2) is 6.29 Å². The number of aldehydes is 1. The molecule has 17 nitrogen and oxygen atoms in total. The summed E-state index contributed by atoms with van der Waals surface area (Å²) in [5.41, 5.74) is 3.62. The number of carbonyl (C=O) groups is 2. The van der Waals surface area contributed by atoms with Crippen molar-refractivity contribution >= 4 is 23.6 Å². The van der Waals surface area contributed by atoms with Gasteiger partial charge in [-0.25, -0.2) is 0 Å². The van der Waals surface area contributed by atoms with Gasteiger partial charge in [0, 0.05) is 55.4 Å². The number of oxime groups is 1. The van der Waals surface area contributed by atoms with Crippen molar-refractivity contribution in [2.24, 2.45) is 22.9 Å². The Morgan fingerprint density at radius 3 is 2.38 bits per heavy atom. The van der Waals surface area contributed by atoms with Gasteiger partial charge in [0.2, 0.25) is 5.79 Å². The zero-order chi connectivity index (χ0) is 50.3. The summed E-state index contributed by atoms with van der Waals surface area (Å²) >= 11 is 0. The Bertz CT molecular complexity index is 2600. The third kappa shape index (κ3) is 11.8. The van der Waals surface area contributed by atoms with Crippen LogP contribution in [0.3, 0.4) is 0 Å². The first-order valence-corrected chi connectivity index (χ1v) is 23.9. The number of nitro groups is 1. The molecule has 6 atom stereocenters. The van der Waals surface area contributed by atoms with E-state index in [2.05, 4.69) is 18.7 Å². The third-order valence-electron chi connectivity index (χ3n) is 13.4. The summed E-state index contributed by atoms with van der Waals surface area (Å²) in [5, 5.41) is 55.6. The van der Waals surface area contributed by atoms with Gasteiger partial charge in [0.05, 0.1) is 67.3 Å². The minimum absolute atomic E-state index is 0.00153. The molecule has 1 amide bonds. The Hall–Kier alpha value is -6.94. The SMILES string of the molecule is C=CCO[C@@]12Oc3ccc(Oc4ccc(OC)c(C=O)c4)cc3[C@H]3[C@H](CCCCO)[C@@H](CCCCO)C=C(C(=NOCc4ccc([N+](=O)[O-])cc4)C[C@@H]1N(CCOCCO)C(=O)c1ccc(C#N)cc1)[C@H]32. The molecule has 1 fully saturated rings. The average Bonchev–Trinajstić information content (AvgIpc) is 3.39. The summed E-state index contributed by atoms with van der Waals surface area (Å²) in [4.78, 5) is 46.0. The molecular formula is C54H60N4O13. The number of carbonyl (C=O) groups excluding carboxylic acids is 2. The maximum absolute atomic E-state index is 15.2. The monoisotopic (exact) mass is 972 g/mol. The second-order valence-electron chi connectivity index (χ2n) is 17.6. The van der Waals surface area contributed by atoms with Crippen LogP contribution in [-0.4, -0.2) is 108 Å². The molecule has 1 aliphatic heterocycles. The Labute approximate surface area is 412 Å². The van der Waals surface area contributed by atoms with E-state index in [0.717, 1.165) is 11.1 Å². The van der Waals surface area contributed by atoms with Crippen molar-refractivity contribution in [1.82, 2.24) is 4.90 Å². The van der Waals surface area contributed by atoms with Gasteiger partial charge in [-0.1, -0.05) is 30.1 Å². The van der Waals surface area contributed by atoms with Gasteiger partial charge in [-0.05, 0) is 121 Å². The summed E-state index contributed by atoms with van der Waals surface area (Å²) in [6.07, 6.45) is 8.50. The zero-order valence-corrected chi connectivity index (χ0v) is 39.7. The number of benzene rings is 4. The molecule has 3 N–H and O–H groups in total. The van der Waals surface area contributed by atoms with E-state index in [1.807, 2.05) is 12.1 Å². The van der Waals surface area contributed by atoms with Crippen molar-refractivity contribution < 1.29 is 58.4 Å². The fourth-order valence-corrected chi connectivity index (χ4v) is 10.2. The van der Waals surface area contributed by atoms with Crippen molar-refractivity contribution in [2.45, 2.75) is 69.3 Å². The number of rotatable bonds is 26. The van der Waals surface area contributed by atoms with E-state index >= 15 is 4.79 Å². The van der Waals surface area contributed by atoms with Crippen LogP contribution in [0, 0.1) is 39.2 Å². The number of non-ortho nitro benzene ring substituents is 1. The lowest BCUT2D eigenvalue weighted by atomic mass is 9.55. The number of methoxy groups -OCH3 is 1.